The summed E-state index contributed by atoms with van der Waals surface area (Å²) in [5.74, 6) is 0. The third-order valence-electron chi connectivity index (χ3n) is 3.29. The minimum Gasteiger partial charge on any atom is -0.378 e. The predicted octanol–water partition coefficient (Wildman–Crippen LogP) is 3.33. The molecule has 0 radical (unpaired) electrons. The van der Waals surface area contributed by atoms with Crippen LogP contribution < -0.4 is 15.5 Å². The molecule has 1 aromatic carbocycles. The molecule has 0 bridgehead atoms. The predicted molar refractivity (Wildman–Crippen MR) is 79.5 cm³/mol. The number of rotatable bonds is 3. The van der Waals surface area contributed by atoms with E-state index in [9.17, 15) is 4.79 Å². The summed E-state index contributed by atoms with van der Waals surface area (Å²) < 4.78 is 0. The lowest BCUT2D eigenvalue weighted by Crippen LogP contribution is -2.24. The van der Waals surface area contributed by atoms with Crippen molar-refractivity contribution in [2.24, 2.45) is 0 Å². The Bertz CT molecular complexity index is 455. The third-order valence-corrected chi connectivity index (χ3v) is 3.29. The van der Waals surface area contributed by atoms with E-state index in [1.54, 1.807) is 0 Å². The Morgan fingerprint density at radius 1 is 1.16 bits per heavy atom. The molecule has 0 aromatic heterocycles. The van der Waals surface area contributed by atoms with Crippen LogP contribution in [0.1, 0.15) is 25.7 Å². The topological polar surface area (TPSA) is 44.4 Å². The molecule has 102 valence electrons. The van der Waals surface area contributed by atoms with Crippen molar-refractivity contribution < 1.29 is 4.79 Å². The van der Waals surface area contributed by atoms with E-state index in [-0.39, 0.29) is 6.03 Å². The summed E-state index contributed by atoms with van der Waals surface area (Å²) in [6.07, 6.45) is 6.54. The van der Waals surface area contributed by atoms with Gasteiger partial charge < -0.3 is 15.5 Å². The number of amides is 2. The number of urea groups is 1. The van der Waals surface area contributed by atoms with Crippen molar-refractivity contribution in [3.05, 3.63) is 36.0 Å². The van der Waals surface area contributed by atoms with Crippen molar-refractivity contribution in [1.29, 1.82) is 0 Å². The van der Waals surface area contributed by atoms with E-state index in [0.717, 1.165) is 24.2 Å². The molecule has 0 saturated heterocycles. The van der Waals surface area contributed by atoms with Gasteiger partial charge in [0, 0.05) is 31.7 Å². The molecule has 1 aliphatic rings. The standard InChI is InChI=1S/C15H21N3O/c1-18(2)14-9-7-13(8-10-14)17-15(19)16-11-12-5-3-4-6-12/h7-11H,3-6H2,1-2H3,(H2,16,17,19). The van der Waals surface area contributed by atoms with Gasteiger partial charge in [-0.3, -0.25) is 0 Å². The van der Waals surface area contributed by atoms with Gasteiger partial charge in [0.25, 0.3) is 0 Å². The summed E-state index contributed by atoms with van der Waals surface area (Å²) >= 11 is 0. The number of hydrogen-bond donors (Lipinski definition) is 2. The lowest BCUT2D eigenvalue weighted by Gasteiger charge is -2.13. The molecule has 2 rings (SSSR count). The van der Waals surface area contributed by atoms with Crippen LogP contribution in [0.2, 0.25) is 0 Å². The monoisotopic (exact) mass is 259 g/mol. The van der Waals surface area contributed by atoms with Crippen molar-refractivity contribution in [1.82, 2.24) is 5.32 Å². The van der Waals surface area contributed by atoms with Gasteiger partial charge in [0.15, 0.2) is 0 Å². The van der Waals surface area contributed by atoms with E-state index < -0.39 is 0 Å². The van der Waals surface area contributed by atoms with Gasteiger partial charge in [-0.25, -0.2) is 4.79 Å². The molecule has 1 fully saturated rings. The smallest absolute Gasteiger partial charge is 0.323 e. The fraction of sp³-hybridized carbons (Fsp3) is 0.400. The Labute approximate surface area is 114 Å². The summed E-state index contributed by atoms with van der Waals surface area (Å²) in [5, 5.41) is 5.61. The summed E-state index contributed by atoms with van der Waals surface area (Å²) in [6.45, 7) is 0. The van der Waals surface area contributed by atoms with Crippen LogP contribution in [0, 0.1) is 0 Å². The Balaban J connectivity index is 1.86. The highest BCUT2D eigenvalue weighted by atomic mass is 16.2. The zero-order valence-electron chi connectivity index (χ0n) is 11.6. The SMILES string of the molecule is CN(C)c1ccc(NC(=O)NC=C2CCCC2)cc1. The molecule has 0 atom stereocenters. The van der Waals surface area contributed by atoms with E-state index in [0.29, 0.717) is 0 Å². The number of nitrogens with one attached hydrogen (secondary N) is 2. The van der Waals surface area contributed by atoms with E-state index in [4.69, 9.17) is 0 Å². The van der Waals surface area contributed by atoms with Crippen LogP contribution >= 0.6 is 0 Å². The molecule has 4 nitrogen and oxygen atoms in total. The second-order valence-electron chi connectivity index (χ2n) is 5.05. The van der Waals surface area contributed by atoms with Crippen LogP contribution in [-0.4, -0.2) is 20.1 Å². The Morgan fingerprint density at radius 3 is 2.37 bits per heavy atom. The molecule has 0 heterocycles. The number of benzene rings is 1. The highest BCUT2D eigenvalue weighted by Gasteiger charge is 2.07. The van der Waals surface area contributed by atoms with Gasteiger partial charge >= 0.3 is 6.03 Å². The lowest BCUT2D eigenvalue weighted by molar-refractivity contribution is 0.255. The maximum absolute atomic E-state index is 11.7. The highest BCUT2D eigenvalue weighted by Crippen LogP contribution is 2.22. The lowest BCUT2D eigenvalue weighted by atomic mass is 10.2. The fourth-order valence-corrected chi connectivity index (χ4v) is 2.15. The number of carbonyl (C=O) groups excluding carboxylic acids is 1. The molecule has 19 heavy (non-hydrogen) atoms. The van der Waals surface area contributed by atoms with E-state index >= 15 is 0 Å². The van der Waals surface area contributed by atoms with E-state index in [1.807, 2.05) is 49.5 Å². The zero-order valence-corrected chi connectivity index (χ0v) is 11.6. The highest BCUT2D eigenvalue weighted by molar-refractivity contribution is 5.90. The molecule has 4 heteroatoms. The van der Waals surface area contributed by atoms with Crippen molar-refractivity contribution >= 4 is 17.4 Å². The summed E-state index contributed by atoms with van der Waals surface area (Å²) in [4.78, 5) is 13.7. The number of anilines is 2. The van der Waals surface area contributed by atoms with Crippen molar-refractivity contribution in [2.45, 2.75) is 25.7 Å². The van der Waals surface area contributed by atoms with Gasteiger partial charge in [-0.1, -0.05) is 5.57 Å². The summed E-state index contributed by atoms with van der Waals surface area (Å²) in [5.41, 5.74) is 3.24. The summed E-state index contributed by atoms with van der Waals surface area (Å²) in [7, 11) is 3.98. The Hall–Kier alpha value is -1.97. The maximum atomic E-state index is 11.7. The fourth-order valence-electron chi connectivity index (χ4n) is 2.15. The van der Waals surface area contributed by atoms with Crippen LogP contribution in [0.15, 0.2) is 36.0 Å². The van der Waals surface area contributed by atoms with Crippen LogP contribution in [-0.2, 0) is 0 Å². The van der Waals surface area contributed by atoms with E-state index in [2.05, 4.69) is 10.6 Å². The van der Waals surface area contributed by atoms with Crippen molar-refractivity contribution in [3.8, 4) is 0 Å². The molecule has 1 saturated carbocycles. The van der Waals surface area contributed by atoms with Crippen LogP contribution in [0.25, 0.3) is 0 Å². The average Bonchev–Trinajstić information content (AvgIpc) is 2.90. The largest absolute Gasteiger partial charge is 0.378 e. The van der Waals surface area contributed by atoms with Gasteiger partial charge in [0.2, 0.25) is 0 Å². The summed E-state index contributed by atoms with van der Waals surface area (Å²) in [6, 6.07) is 7.57. The first-order valence-electron chi connectivity index (χ1n) is 6.68. The van der Waals surface area contributed by atoms with Gasteiger partial charge in [0.1, 0.15) is 0 Å². The van der Waals surface area contributed by atoms with Gasteiger partial charge in [-0.05, 0) is 49.9 Å². The first-order valence-corrected chi connectivity index (χ1v) is 6.68. The van der Waals surface area contributed by atoms with Crippen LogP contribution in [0.5, 0.6) is 0 Å². The molecule has 2 amide bonds. The molecule has 0 spiro atoms. The number of nitrogens with zero attached hydrogens (tertiary/aromatic N) is 1. The van der Waals surface area contributed by atoms with Gasteiger partial charge in [-0.15, -0.1) is 0 Å². The number of carbonyl (C=O) groups is 1. The first-order chi connectivity index (χ1) is 9.15. The molecule has 0 aliphatic heterocycles. The molecule has 1 aromatic rings. The maximum Gasteiger partial charge on any atom is 0.323 e. The molecular weight excluding hydrogens is 238 g/mol. The molecular formula is C15H21N3O. The number of hydrogen-bond acceptors (Lipinski definition) is 2. The second kappa shape index (κ2) is 6.27. The first kappa shape index (κ1) is 13.5. The molecule has 0 unspecified atom stereocenters. The van der Waals surface area contributed by atoms with Gasteiger partial charge in [0.05, 0.1) is 0 Å². The van der Waals surface area contributed by atoms with Crippen LogP contribution in [0.3, 0.4) is 0 Å². The van der Waals surface area contributed by atoms with E-state index in [1.165, 1.54) is 18.4 Å². The molecule has 2 N–H and O–H groups in total. The average molecular weight is 259 g/mol. The van der Waals surface area contributed by atoms with Crippen molar-refractivity contribution in [2.75, 3.05) is 24.3 Å². The quantitative estimate of drug-likeness (QED) is 0.874. The normalized spacial score (nSPS) is 14.1. The molecule has 1 aliphatic carbocycles. The third kappa shape index (κ3) is 4.02. The Kier molecular flexibility index (Phi) is 4.44. The zero-order chi connectivity index (χ0) is 13.7. The van der Waals surface area contributed by atoms with Crippen molar-refractivity contribution in [3.63, 3.8) is 0 Å². The minimum absolute atomic E-state index is 0.183. The number of allylic oxidation sites excluding steroid dienone is 1. The minimum atomic E-state index is -0.183. The Morgan fingerprint density at radius 2 is 1.79 bits per heavy atom. The van der Waals surface area contributed by atoms with Gasteiger partial charge in [-0.2, -0.15) is 0 Å². The second-order valence-corrected chi connectivity index (χ2v) is 5.05. The van der Waals surface area contributed by atoms with Crippen LogP contribution in [0.4, 0.5) is 16.2 Å².